The Balaban J connectivity index is 2.17. The van der Waals surface area contributed by atoms with Crippen molar-refractivity contribution in [1.29, 1.82) is 0 Å². The molecule has 19 heavy (non-hydrogen) atoms. The van der Waals surface area contributed by atoms with Crippen LogP contribution in [-0.4, -0.2) is 29.0 Å². The number of nitrogens with zero attached hydrogens (tertiary/aromatic N) is 1. The number of benzene rings is 1. The zero-order chi connectivity index (χ0) is 13.8. The van der Waals surface area contributed by atoms with Gasteiger partial charge in [-0.25, -0.2) is 0 Å². The Morgan fingerprint density at radius 1 is 1.53 bits per heavy atom. The smallest absolute Gasteiger partial charge is 0.231 e. The van der Waals surface area contributed by atoms with E-state index < -0.39 is 0 Å². The van der Waals surface area contributed by atoms with Crippen molar-refractivity contribution in [2.24, 2.45) is 5.73 Å². The molecule has 0 spiro atoms. The predicted octanol–water partition coefficient (Wildman–Crippen LogP) is 1.97. The summed E-state index contributed by atoms with van der Waals surface area (Å²) in [6.45, 7) is 3.35. The summed E-state index contributed by atoms with van der Waals surface area (Å²) >= 11 is 0. The number of aryl methyl sites for hydroxylation is 1. The summed E-state index contributed by atoms with van der Waals surface area (Å²) in [7, 11) is 0. The first-order valence-corrected chi connectivity index (χ1v) is 6.96. The minimum atomic E-state index is -0.275. The van der Waals surface area contributed by atoms with E-state index >= 15 is 0 Å². The molecule has 0 aromatic heterocycles. The van der Waals surface area contributed by atoms with Crippen molar-refractivity contribution >= 4 is 5.91 Å². The summed E-state index contributed by atoms with van der Waals surface area (Å²) in [5, 5.41) is 9.52. The van der Waals surface area contributed by atoms with Crippen LogP contribution in [0, 0.1) is 0 Å². The third-order valence-electron chi connectivity index (χ3n) is 3.77. The number of unbranched alkanes of at least 4 members (excludes halogenated alkanes) is 1. The van der Waals surface area contributed by atoms with Gasteiger partial charge < -0.3 is 10.8 Å². The van der Waals surface area contributed by atoms with Gasteiger partial charge in [0.25, 0.3) is 0 Å². The highest BCUT2D eigenvalue weighted by atomic mass is 16.3. The number of carbonyl (C=O) groups excluding carboxylic acids is 1. The molecule has 4 nitrogen and oxygen atoms in total. The fraction of sp³-hybridized carbons (Fsp3) is 0.533. The van der Waals surface area contributed by atoms with Gasteiger partial charge in [-0.1, -0.05) is 19.4 Å². The van der Waals surface area contributed by atoms with E-state index in [1.807, 2.05) is 12.1 Å². The van der Waals surface area contributed by atoms with Crippen LogP contribution >= 0.6 is 0 Å². The highest BCUT2D eigenvalue weighted by molar-refractivity contribution is 5.76. The van der Waals surface area contributed by atoms with Crippen molar-refractivity contribution in [3.63, 3.8) is 0 Å². The molecule has 0 radical (unpaired) electrons. The van der Waals surface area contributed by atoms with E-state index in [0.717, 1.165) is 32.2 Å². The predicted molar refractivity (Wildman–Crippen MR) is 74.8 cm³/mol. The Labute approximate surface area is 114 Å². The van der Waals surface area contributed by atoms with Gasteiger partial charge in [0, 0.05) is 6.04 Å². The average Bonchev–Trinajstić information content (AvgIpc) is 2.76. The Hall–Kier alpha value is -1.55. The number of phenolic OH excluding ortho intramolecular Hbond substituents is 1. The van der Waals surface area contributed by atoms with Gasteiger partial charge >= 0.3 is 0 Å². The van der Waals surface area contributed by atoms with Crippen LogP contribution < -0.4 is 5.73 Å². The fourth-order valence-corrected chi connectivity index (χ4v) is 2.87. The van der Waals surface area contributed by atoms with Gasteiger partial charge in [0.05, 0.1) is 6.54 Å². The zero-order valence-corrected chi connectivity index (χ0v) is 11.4. The molecular formula is C15H22N2O2. The van der Waals surface area contributed by atoms with Crippen molar-refractivity contribution in [2.75, 3.05) is 13.1 Å². The molecule has 4 heteroatoms. The molecule has 0 fully saturated rings. The lowest BCUT2D eigenvalue weighted by Crippen LogP contribution is -2.36. The van der Waals surface area contributed by atoms with Crippen LogP contribution in [0.25, 0.3) is 0 Å². The molecule has 0 saturated heterocycles. The molecule has 1 atom stereocenters. The molecular weight excluding hydrogens is 240 g/mol. The normalized spacial score (nSPS) is 17.7. The third-order valence-corrected chi connectivity index (χ3v) is 3.77. The van der Waals surface area contributed by atoms with Crippen LogP contribution in [0.4, 0.5) is 0 Å². The number of aromatic hydroxyl groups is 1. The van der Waals surface area contributed by atoms with Gasteiger partial charge in [0.1, 0.15) is 5.75 Å². The van der Waals surface area contributed by atoms with Crippen LogP contribution in [0.2, 0.25) is 0 Å². The summed E-state index contributed by atoms with van der Waals surface area (Å²) in [6, 6.07) is 5.79. The first-order chi connectivity index (χ1) is 9.11. The van der Waals surface area contributed by atoms with Crippen LogP contribution in [0.3, 0.4) is 0 Å². The highest BCUT2D eigenvalue weighted by Gasteiger charge is 2.28. The standard InChI is InChI=1S/C15H22N2O2/c1-2-3-8-17(10-15(16)19)14-7-4-11-9-12(18)5-6-13(11)14/h5-6,9,14,18H,2-4,7-8,10H2,1H3,(H2,16,19). The Bertz CT molecular complexity index is 459. The number of phenols is 1. The number of hydrogen-bond acceptors (Lipinski definition) is 3. The molecule has 0 aliphatic heterocycles. The lowest BCUT2D eigenvalue weighted by Gasteiger charge is -2.28. The van der Waals surface area contributed by atoms with E-state index in [9.17, 15) is 9.90 Å². The van der Waals surface area contributed by atoms with Gasteiger partial charge in [-0.2, -0.15) is 0 Å². The number of rotatable bonds is 6. The van der Waals surface area contributed by atoms with Crippen LogP contribution in [0.1, 0.15) is 43.4 Å². The van der Waals surface area contributed by atoms with Crippen LogP contribution in [-0.2, 0) is 11.2 Å². The molecule has 0 bridgehead atoms. The molecule has 0 saturated carbocycles. The van der Waals surface area contributed by atoms with Gasteiger partial charge in [0.15, 0.2) is 0 Å². The monoisotopic (exact) mass is 262 g/mol. The summed E-state index contributed by atoms with van der Waals surface area (Å²) in [4.78, 5) is 13.4. The summed E-state index contributed by atoms with van der Waals surface area (Å²) in [5.41, 5.74) is 7.78. The highest BCUT2D eigenvalue weighted by Crippen LogP contribution is 2.37. The van der Waals surface area contributed by atoms with Crippen LogP contribution in [0.5, 0.6) is 5.75 Å². The van der Waals surface area contributed by atoms with Crippen molar-refractivity contribution < 1.29 is 9.90 Å². The van der Waals surface area contributed by atoms with Crippen molar-refractivity contribution in [3.05, 3.63) is 29.3 Å². The average molecular weight is 262 g/mol. The second-order valence-electron chi connectivity index (χ2n) is 5.23. The number of amides is 1. The maximum Gasteiger partial charge on any atom is 0.231 e. The first-order valence-electron chi connectivity index (χ1n) is 6.96. The third kappa shape index (κ3) is 3.26. The van der Waals surface area contributed by atoms with Crippen LogP contribution in [0.15, 0.2) is 18.2 Å². The second-order valence-corrected chi connectivity index (χ2v) is 5.23. The Morgan fingerprint density at radius 2 is 2.32 bits per heavy atom. The fourth-order valence-electron chi connectivity index (χ4n) is 2.87. The number of primary amides is 1. The zero-order valence-electron chi connectivity index (χ0n) is 11.4. The Morgan fingerprint density at radius 3 is 3.00 bits per heavy atom. The summed E-state index contributed by atoms with van der Waals surface area (Å²) < 4.78 is 0. The maximum atomic E-state index is 11.2. The number of nitrogens with two attached hydrogens (primary N) is 1. The van der Waals surface area contributed by atoms with E-state index in [1.54, 1.807) is 6.07 Å². The van der Waals surface area contributed by atoms with Gasteiger partial charge in [-0.05, 0) is 49.1 Å². The minimum Gasteiger partial charge on any atom is -0.508 e. The lowest BCUT2D eigenvalue weighted by molar-refractivity contribution is -0.119. The van der Waals surface area contributed by atoms with Gasteiger partial charge in [-0.15, -0.1) is 0 Å². The van der Waals surface area contributed by atoms with E-state index in [1.165, 1.54) is 11.1 Å². The van der Waals surface area contributed by atoms with Crippen molar-refractivity contribution in [3.8, 4) is 5.75 Å². The van der Waals surface area contributed by atoms with E-state index in [-0.39, 0.29) is 11.9 Å². The second kappa shape index (κ2) is 6.06. The number of carbonyl (C=O) groups is 1. The first kappa shape index (κ1) is 13.9. The Kier molecular flexibility index (Phi) is 4.43. The molecule has 0 heterocycles. The SMILES string of the molecule is CCCCN(CC(N)=O)C1CCc2cc(O)ccc21. The van der Waals surface area contributed by atoms with Gasteiger partial charge in [-0.3, -0.25) is 9.69 Å². The summed E-state index contributed by atoms with van der Waals surface area (Å²) in [5.74, 6) is 0.0396. The molecule has 1 unspecified atom stereocenters. The minimum absolute atomic E-state index is 0.259. The molecule has 2 rings (SSSR count). The molecule has 1 aliphatic carbocycles. The van der Waals surface area contributed by atoms with E-state index in [2.05, 4.69) is 11.8 Å². The maximum absolute atomic E-state index is 11.2. The number of hydrogen-bond donors (Lipinski definition) is 2. The lowest BCUT2D eigenvalue weighted by atomic mass is 10.1. The van der Waals surface area contributed by atoms with Gasteiger partial charge in [0.2, 0.25) is 5.91 Å². The molecule has 104 valence electrons. The quantitative estimate of drug-likeness (QED) is 0.823. The summed E-state index contributed by atoms with van der Waals surface area (Å²) in [6.07, 6.45) is 4.12. The topological polar surface area (TPSA) is 66.6 Å². The van der Waals surface area contributed by atoms with E-state index in [4.69, 9.17) is 5.73 Å². The molecule has 3 N–H and O–H groups in total. The van der Waals surface area contributed by atoms with Crippen molar-refractivity contribution in [2.45, 2.75) is 38.6 Å². The molecule has 1 aromatic rings. The molecule has 1 aliphatic rings. The molecule has 1 amide bonds. The van der Waals surface area contributed by atoms with E-state index in [0.29, 0.717) is 12.3 Å². The largest absolute Gasteiger partial charge is 0.508 e. The van der Waals surface area contributed by atoms with Crippen molar-refractivity contribution in [1.82, 2.24) is 4.90 Å². The molecule has 1 aromatic carbocycles. The number of fused-ring (bicyclic) bond motifs is 1.